The average molecular weight is 323 g/mol. The van der Waals surface area contributed by atoms with E-state index < -0.39 is 12.7 Å². The molecule has 1 atom stereocenters. The molecule has 6 heteroatoms. The van der Waals surface area contributed by atoms with Crippen molar-refractivity contribution in [2.75, 3.05) is 26.7 Å². The van der Waals surface area contributed by atoms with Crippen LogP contribution in [0.5, 0.6) is 0 Å². The van der Waals surface area contributed by atoms with E-state index in [1.807, 2.05) is 26.1 Å². The molecule has 0 heterocycles. The van der Waals surface area contributed by atoms with Gasteiger partial charge in [-0.15, -0.1) is 0 Å². The summed E-state index contributed by atoms with van der Waals surface area (Å²) in [4.78, 5) is 1.46. The Hall–Kier alpha value is -0.780. The van der Waals surface area contributed by atoms with Crippen LogP contribution in [-0.2, 0) is 0 Å². The lowest BCUT2D eigenvalue weighted by atomic mass is 10.0. The molecule has 0 amide bonds. The van der Waals surface area contributed by atoms with E-state index in [-0.39, 0.29) is 6.04 Å². The first-order valence-corrected chi connectivity index (χ1v) is 7.45. The summed E-state index contributed by atoms with van der Waals surface area (Å²) in [7, 11) is 1.81. The lowest BCUT2D eigenvalue weighted by Crippen LogP contribution is -2.36. The monoisotopic (exact) mass is 322 g/mol. The first kappa shape index (κ1) is 18.3. The zero-order valence-corrected chi connectivity index (χ0v) is 13.1. The minimum Gasteiger partial charge on any atom is -0.313 e. The number of nitrogens with one attached hydrogen (secondary N) is 1. The highest BCUT2D eigenvalue weighted by atomic mass is 35.5. The van der Waals surface area contributed by atoms with E-state index in [9.17, 15) is 13.2 Å². The van der Waals surface area contributed by atoms with Crippen molar-refractivity contribution in [2.45, 2.75) is 32.0 Å². The summed E-state index contributed by atoms with van der Waals surface area (Å²) in [6.07, 6.45) is -2.82. The highest BCUT2D eigenvalue weighted by Gasteiger charge is 2.30. The Morgan fingerprint density at radius 2 is 1.81 bits per heavy atom. The molecule has 1 aromatic rings. The molecule has 1 rings (SSSR count). The summed E-state index contributed by atoms with van der Waals surface area (Å²) in [5.74, 6) is 0. The molecular formula is C15H22ClF3N2. The number of rotatable bonds is 8. The van der Waals surface area contributed by atoms with Crippen molar-refractivity contribution in [1.82, 2.24) is 10.2 Å². The molecule has 21 heavy (non-hydrogen) atoms. The normalized spacial score (nSPS) is 13.7. The van der Waals surface area contributed by atoms with Gasteiger partial charge in [0.15, 0.2) is 0 Å². The second-order valence-electron chi connectivity index (χ2n) is 5.07. The second kappa shape index (κ2) is 8.61. The third kappa shape index (κ3) is 7.16. The maximum Gasteiger partial charge on any atom is 0.401 e. The van der Waals surface area contributed by atoms with Crippen LogP contribution in [0.2, 0.25) is 5.02 Å². The Labute approximate surface area is 129 Å². The van der Waals surface area contributed by atoms with Gasteiger partial charge in [-0.2, -0.15) is 13.2 Å². The van der Waals surface area contributed by atoms with Gasteiger partial charge in [0, 0.05) is 17.6 Å². The van der Waals surface area contributed by atoms with Crippen LogP contribution < -0.4 is 5.32 Å². The zero-order valence-electron chi connectivity index (χ0n) is 12.4. The van der Waals surface area contributed by atoms with Gasteiger partial charge in [0.2, 0.25) is 0 Å². The Balaban J connectivity index is 2.61. The van der Waals surface area contributed by atoms with E-state index in [0.29, 0.717) is 31.0 Å². The predicted octanol–water partition coefficient (Wildman–Crippen LogP) is 4.26. The van der Waals surface area contributed by atoms with Crippen LogP contribution >= 0.6 is 11.6 Å². The molecule has 1 N–H and O–H groups in total. The Morgan fingerprint density at radius 3 is 2.29 bits per heavy atom. The summed E-state index contributed by atoms with van der Waals surface area (Å²) < 4.78 is 37.6. The maximum atomic E-state index is 12.5. The number of halogens is 4. The molecule has 1 aromatic carbocycles. The van der Waals surface area contributed by atoms with E-state index in [4.69, 9.17) is 11.6 Å². The van der Waals surface area contributed by atoms with Gasteiger partial charge in [-0.3, -0.25) is 4.90 Å². The maximum absolute atomic E-state index is 12.5. The van der Waals surface area contributed by atoms with Gasteiger partial charge in [-0.1, -0.05) is 30.7 Å². The Bertz CT molecular complexity index is 406. The highest BCUT2D eigenvalue weighted by molar-refractivity contribution is 6.30. The molecule has 0 saturated carbocycles. The van der Waals surface area contributed by atoms with Crippen LogP contribution in [0.1, 0.15) is 31.4 Å². The molecule has 2 nitrogen and oxygen atoms in total. The van der Waals surface area contributed by atoms with Gasteiger partial charge in [0.1, 0.15) is 0 Å². The number of hydrogen-bond acceptors (Lipinski definition) is 2. The third-order valence-corrected chi connectivity index (χ3v) is 3.55. The average Bonchev–Trinajstić information content (AvgIpc) is 2.39. The van der Waals surface area contributed by atoms with Gasteiger partial charge in [-0.25, -0.2) is 0 Å². The largest absolute Gasteiger partial charge is 0.401 e. The molecule has 0 saturated heterocycles. The van der Waals surface area contributed by atoms with Crippen LogP contribution in [0.15, 0.2) is 24.3 Å². The molecule has 0 fully saturated rings. The standard InChI is InChI=1S/C15H22ClF3N2/c1-3-9-21(11-15(17,18)19)10-8-14(20-2)12-4-6-13(16)7-5-12/h4-7,14,20H,3,8-11H2,1-2H3. The molecule has 0 aromatic heterocycles. The molecule has 1 unspecified atom stereocenters. The fourth-order valence-electron chi connectivity index (χ4n) is 2.32. The van der Waals surface area contributed by atoms with Gasteiger partial charge in [0.25, 0.3) is 0 Å². The summed E-state index contributed by atoms with van der Waals surface area (Å²) in [6, 6.07) is 7.41. The van der Waals surface area contributed by atoms with Crippen LogP contribution in [-0.4, -0.2) is 37.8 Å². The molecule has 120 valence electrons. The Kier molecular flexibility index (Phi) is 7.49. The molecular weight excluding hydrogens is 301 g/mol. The zero-order chi connectivity index (χ0) is 15.9. The minimum absolute atomic E-state index is 0.0230. The second-order valence-corrected chi connectivity index (χ2v) is 5.51. The number of nitrogens with zero attached hydrogens (tertiary/aromatic N) is 1. The van der Waals surface area contributed by atoms with Crippen molar-refractivity contribution in [3.63, 3.8) is 0 Å². The lowest BCUT2D eigenvalue weighted by molar-refractivity contribution is -0.146. The number of hydrogen-bond donors (Lipinski definition) is 1. The molecule has 0 aliphatic heterocycles. The van der Waals surface area contributed by atoms with E-state index in [2.05, 4.69) is 5.32 Å². The summed E-state index contributed by atoms with van der Waals surface area (Å²) >= 11 is 5.85. The van der Waals surface area contributed by atoms with Crippen molar-refractivity contribution in [3.8, 4) is 0 Å². The smallest absolute Gasteiger partial charge is 0.313 e. The van der Waals surface area contributed by atoms with Crippen molar-refractivity contribution >= 4 is 11.6 Å². The van der Waals surface area contributed by atoms with Gasteiger partial charge in [-0.05, 0) is 44.1 Å². The molecule has 0 bridgehead atoms. The van der Waals surface area contributed by atoms with Crippen LogP contribution in [0.4, 0.5) is 13.2 Å². The quantitative estimate of drug-likeness (QED) is 0.769. The molecule has 0 spiro atoms. The van der Waals surface area contributed by atoms with Crippen molar-refractivity contribution < 1.29 is 13.2 Å². The van der Waals surface area contributed by atoms with Crippen molar-refractivity contribution in [3.05, 3.63) is 34.9 Å². The summed E-state index contributed by atoms with van der Waals surface area (Å²) in [6.45, 7) is 1.90. The Morgan fingerprint density at radius 1 is 1.19 bits per heavy atom. The van der Waals surface area contributed by atoms with E-state index >= 15 is 0 Å². The first-order valence-electron chi connectivity index (χ1n) is 7.07. The van der Waals surface area contributed by atoms with Gasteiger partial charge >= 0.3 is 6.18 Å². The minimum atomic E-state index is -4.15. The van der Waals surface area contributed by atoms with Gasteiger partial charge < -0.3 is 5.32 Å². The first-order chi connectivity index (χ1) is 9.85. The highest BCUT2D eigenvalue weighted by Crippen LogP contribution is 2.21. The van der Waals surface area contributed by atoms with Crippen LogP contribution in [0, 0.1) is 0 Å². The molecule has 0 aliphatic carbocycles. The third-order valence-electron chi connectivity index (χ3n) is 3.30. The predicted molar refractivity (Wildman–Crippen MR) is 80.7 cm³/mol. The number of alkyl halides is 3. The van der Waals surface area contributed by atoms with Crippen LogP contribution in [0.3, 0.4) is 0 Å². The molecule has 0 aliphatic rings. The SMILES string of the molecule is CCCN(CCC(NC)c1ccc(Cl)cc1)CC(F)(F)F. The fourth-order valence-corrected chi connectivity index (χ4v) is 2.45. The summed E-state index contributed by atoms with van der Waals surface area (Å²) in [5, 5.41) is 3.80. The topological polar surface area (TPSA) is 15.3 Å². The number of benzene rings is 1. The van der Waals surface area contributed by atoms with Crippen molar-refractivity contribution in [2.24, 2.45) is 0 Å². The van der Waals surface area contributed by atoms with E-state index in [1.54, 1.807) is 12.1 Å². The van der Waals surface area contributed by atoms with Crippen LogP contribution in [0.25, 0.3) is 0 Å². The van der Waals surface area contributed by atoms with E-state index in [1.165, 1.54) is 4.90 Å². The summed E-state index contributed by atoms with van der Waals surface area (Å²) in [5.41, 5.74) is 1.03. The lowest BCUT2D eigenvalue weighted by Gasteiger charge is -2.25. The van der Waals surface area contributed by atoms with E-state index in [0.717, 1.165) is 5.56 Å². The van der Waals surface area contributed by atoms with Gasteiger partial charge in [0.05, 0.1) is 6.54 Å². The fraction of sp³-hybridized carbons (Fsp3) is 0.600. The van der Waals surface area contributed by atoms with Crippen molar-refractivity contribution in [1.29, 1.82) is 0 Å². The molecule has 0 radical (unpaired) electrons.